The molecule has 1 amide bonds. The van der Waals surface area contributed by atoms with Crippen LogP contribution in [-0.2, 0) is 0 Å². The van der Waals surface area contributed by atoms with Gasteiger partial charge in [0.05, 0.1) is 17.3 Å². The van der Waals surface area contributed by atoms with Crippen LogP contribution in [0.5, 0.6) is 0 Å². The van der Waals surface area contributed by atoms with Crippen LogP contribution in [0.1, 0.15) is 15.9 Å². The number of nitrogens with two attached hydrogens (primary N) is 2. The Morgan fingerprint density at radius 2 is 2.18 bits per heavy atom. The summed E-state index contributed by atoms with van der Waals surface area (Å²) in [5, 5.41) is 3.99. The Balaban J connectivity index is 2.52. The normalized spacial score (nSPS) is 10.1. The van der Waals surface area contributed by atoms with Crippen LogP contribution in [0.3, 0.4) is 0 Å². The number of rotatable bonds is 3. The van der Waals surface area contributed by atoms with Crippen LogP contribution >= 0.6 is 12.2 Å². The second-order valence-electron chi connectivity index (χ2n) is 3.28. The van der Waals surface area contributed by atoms with E-state index in [0.717, 1.165) is 0 Å². The molecular formula is C10H9N5OS. The van der Waals surface area contributed by atoms with Crippen molar-refractivity contribution in [2.75, 3.05) is 0 Å². The predicted molar refractivity (Wildman–Crippen MR) is 65.8 cm³/mol. The van der Waals surface area contributed by atoms with E-state index >= 15 is 0 Å². The summed E-state index contributed by atoms with van der Waals surface area (Å²) >= 11 is 4.91. The molecule has 2 rings (SSSR count). The van der Waals surface area contributed by atoms with Crippen molar-refractivity contribution in [3.05, 3.63) is 41.9 Å². The van der Waals surface area contributed by atoms with Crippen LogP contribution in [0.2, 0.25) is 0 Å². The average Bonchev–Trinajstić information content (AvgIpc) is 2.78. The Labute approximate surface area is 102 Å². The SMILES string of the molecule is NC(=O)c1cnn(-c2ncccc2C(N)=S)c1. The topological polar surface area (TPSA) is 99.8 Å². The van der Waals surface area contributed by atoms with Crippen LogP contribution in [0.25, 0.3) is 5.82 Å². The van der Waals surface area contributed by atoms with Crippen molar-refractivity contribution in [1.82, 2.24) is 14.8 Å². The van der Waals surface area contributed by atoms with Crippen molar-refractivity contribution in [2.45, 2.75) is 0 Å². The molecule has 0 aliphatic rings. The molecule has 2 heterocycles. The highest BCUT2D eigenvalue weighted by Crippen LogP contribution is 2.11. The molecule has 0 saturated carbocycles. The number of aromatic nitrogens is 3. The van der Waals surface area contributed by atoms with Gasteiger partial charge in [-0.1, -0.05) is 12.2 Å². The maximum absolute atomic E-state index is 11.0. The summed E-state index contributed by atoms with van der Waals surface area (Å²) in [5.41, 5.74) is 11.6. The lowest BCUT2D eigenvalue weighted by Crippen LogP contribution is -2.15. The van der Waals surface area contributed by atoms with Gasteiger partial charge in [0, 0.05) is 12.4 Å². The van der Waals surface area contributed by atoms with E-state index in [1.165, 1.54) is 17.1 Å². The first-order valence-electron chi connectivity index (χ1n) is 4.69. The first-order chi connectivity index (χ1) is 8.09. The van der Waals surface area contributed by atoms with Crippen molar-refractivity contribution in [2.24, 2.45) is 11.5 Å². The van der Waals surface area contributed by atoms with Gasteiger partial charge in [-0.3, -0.25) is 4.79 Å². The Morgan fingerprint density at radius 1 is 1.41 bits per heavy atom. The fourth-order valence-corrected chi connectivity index (χ4v) is 1.50. The van der Waals surface area contributed by atoms with Crippen molar-refractivity contribution in [1.29, 1.82) is 0 Å². The molecule has 0 atom stereocenters. The second kappa shape index (κ2) is 4.30. The van der Waals surface area contributed by atoms with E-state index in [-0.39, 0.29) is 4.99 Å². The minimum Gasteiger partial charge on any atom is -0.389 e. The average molecular weight is 247 g/mol. The zero-order valence-electron chi connectivity index (χ0n) is 8.70. The van der Waals surface area contributed by atoms with Gasteiger partial charge in [-0.15, -0.1) is 0 Å². The molecule has 0 aliphatic heterocycles. The fourth-order valence-electron chi connectivity index (χ4n) is 1.34. The van der Waals surface area contributed by atoms with Crippen LogP contribution < -0.4 is 11.5 Å². The van der Waals surface area contributed by atoms with Crippen molar-refractivity contribution in [3.8, 4) is 5.82 Å². The molecule has 0 bridgehead atoms. The molecule has 0 spiro atoms. The smallest absolute Gasteiger partial charge is 0.251 e. The van der Waals surface area contributed by atoms with Gasteiger partial charge in [-0.25, -0.2) is 9.67 Å². The Kier molecular flexibility index (Phi) is 2.84. The third-order valence-electron chi connectivity index (χ3n) is 2.14. The Morgan fingerprint density at radius 3 is 2.76 bits per heavy atom. The van der Waals surface area contributed by atoms with Gasteiger partial charge in [0.25, 0.3) is 5.91 Å². The summed E-state index contributed by atoms with van der Waals surface area (Å²) in [6.45, 7) is 0. The van der Waals surface area contributed by atoms with Crippen LogP contribution in [-0.4, -0.2) is 25.7 Å². The molecule has 0 aromatic carbocycles. The summed E-state index contributed by atoms with van der Waals surface area (Å²) in [4.78, 5) is 15.3. The maximum atomic E-state index is 11.0. The molecule has 4 N–H and O–H groups in total. The minimum atomic E-state index is -0.552. The molecule has 6 nitrogen and oxygen atoms in total. The van der Waals surface area contributed by atoms with Crippen LogP contribution in [0, 0.1) is 0 Å². The number of primary amides is 1. The number of thiocarbonyl (C=S) groups is 1. The second-order valence-corrected chi connectivity index (χ2v) is 3.72. The highest BCUT2D eigenvalue weighted by atomic mass is 32.1. The van der Waals surface area contributed by atoms with Crippen molar-refractivity contribution in [3.63, 3.8) is 0 Å². The summed E-state index contributed by atoms with van der Waals surface area (Å²) in [6.07, 6.45) is 4.43. The number of carbonyl (C=O) groups excluding carboxylic acids is 1. The van der Waals surface area contributed by atoms with E-state index < -0.39 is 5.91 Å². The van der Waals surface area contributed by atoms with Crippen molar-refractivity contribution >= 4 is 23.1 Å². The van der Waals surface area contributed by atoms with Crippen LogP contribution in [0.15, 0.2) is 30.7 Å². The maximum Gasteiger partial charge on any atom is 0.251 e. The molecule has 17 heavy (non-hydrogen) atoms. The first kappa shape index (κ1) is 11.2. The largest absolute Gasteiger partial charge is 0.389 e. The van der Waals surface area contributed by atoms with Gasteiger partial charge in [-0.05, 0) is 12.1 Å². The number of pyridine rings is 1. The van der Waals surface area contributed by atoms with E-state index in [1.807, 2.05) is 0 Å². The highest BCUT2D eigenvalue weighted by Gasteiger charge is 2.11. The number of carbonyl (C=O) groups is 1. The van der Waals surface area contributed by atoms with E-state index in [1.54, 1.807) is 18.3 Å². The molecule has 0 saturated heterocycles. The van der Waals surface area contributed by atoms with Gasteiger partial charge < -0.3 is 11.5 Å². The Hall–Kier alpha value is -2.28. The lowest BCUT2D eigenvalue weighted by molar-refractivity contribution is 0.100. The van der Waals surface area contributed by atoms with E-state index in [2.05, 4.69) is 10.1 Å². The molecule has 2 aromatic heterocycles. The number of amides is 1. The lowest BCUT2D eigenvalue weighted by Gasteiger charge is -2.05. The third-order valence-corrected chi connectivity index (χ3v) is 2.36. The highest BCUT2D eigenvalue weighted by molar-refractivity contribution is 7.80. The Bertz CT molecular complexity index is 592. The standard InChI is InChI=1S/C10H9N5OS/c11-8(16)6-4-14-15(5-6)10-7(9(12)17)2-1-3-13-10/h1-5H,(H2,11,16)(H2,12,17). The molecular weight excluding hydrogens is 238 g/mol. The summed E-state index contributed by atoms with van der Waals surface area (Å²) in [7, 11) is 0. The zero-order chi connectivity index (χ0) is 12.4. The summed E-state index contributed by atoms with van der Waals surface area (Å²) in [6, 6.07) is 3.45. The van der Waals surface area contributed by atoms with Gasteiger partial charge in [0.1, 0.15) is 4.99 Å². The van der Waals surface area contributed by atoms with Crippen molar-refractivity contribution < 1.29 is 4.79 Å². The molecule has 0 aliphatic carbocycles. The quantitative estimate of drug-likeness (QED) is 0.744. The summed E-state index contributed by atoms with van der Waals surface area (Å²) < 4.78 is 1.41. The molecule has 0 radical (unpaired) electrons. The fraction of sp³-hybridized carbons (Fsp3) is 0. The van der Waals surface area contributed by atoms with Gasteiger partial charge >= 0.3 is 0 Å². The monoisotopic (exact) mass is 247 g/mol. The zero-order valence-corrected chi connectivity index (χ0v) is 9.52. The molecule has 0 unspecified atom stereocenters. The summed E-state index contributed by atoms with van der Waals surface area (Å²) in [5.74, 6) is -0.0865. The molecule has 0 fully saturated rings. The minimum absolute atomic E-state index is 0.212. The van der Waals surface area contributed by atoms with Gasteiger partial charge in [-0.2, -0.15) is 5.10 Å². The van der Waals surface area contributed by atoms with Gasteiger partial charge in [0.15, 0.2) is 5.82 Å². The molecule has 86 valence electrons. The molecule has 2 aromatic rings. The number of nitrogens with zero attached hydrogens (tertiary/aromatic N) is 3. The van der Waals surface area contributed by atoms with Gasteiger partial charge in [0.2, 0.25) is 0 Å². The first-order valence-corrected chi connectivity index (χ1v) is 5.10. The third kappa shape index (κ3) is 2.13. The van der Waals surface area contributed by atoms with E-state index in [0.29, 0.717) is 16.9 Å². The number of hydrogen-bond donors (Lipinski definition) is 2. The van der Waals surface area contributed by atoms with E-state index in [4.69, 9.17) is 23.7 Å². The predicted octanol–water partition coefficient (Wildman–Crippen LogP) is 0.000400. The number of hydrogen-bond acceptors (Lipinski definition) is 4. The van der Waals surface area contributed by atoms with E-state index in [9.17, 15) is 4.79 Å². The lowest BCUT2D eigenvalue weighted by atomic mass is 10.2. The van der Waals surface area contributed by atoms with Crippen LogP contribution in [0.4, 0.5) is 0 Å². The molecule has 7 heteroatoms.